The fourth-order valence-electron chi connectivity index (χ4n) is 3.27. The molecule has 0 aliphatic carbocycles. The SMILES string of the molecule is OCCn1nccc1C1CCN(CCOc2ccccc2Cl)CC1. The maximum Gasteiger partial charge on any atom is 0.137 e. The molecule has 0 atom stereocenters. The van der Waals surface area contributed by atoms with Crippen molar-refractivity contribution in [3.63, 3.8) is 0 Å². The van der Waals surface area contributed by atoms with E-state index < -0.39 is 0 Å². The molecule has 5 nitrogen and oxygen atoms in total. The molecule has 24 heavy (non-hydrogen) atoms. The monoisotopic (exact) mass is 349 g/mol. The number of nitrogens with zero attached hydrogens (tertiary/aromatic N) is 3. The van der Waals surface area contributed by atoms with Crippen molar-refractivity contribution in [1.29, 1.82) is 0 Å². The molecule has 3 rings (SSSR count). The van der Waals surface area contributed by atoms with Gasteiger partial charge >= 0.3 is 0 Å². The molecule has 0 radical (unpaired) electrons. The van der Waals surface area contributed by atoms with Crippen LogP contribution in [0.15, 0.2) is 36.5 Å². The predicted octanol–water partition coefficient (Wildman–Crippen LogP) is 2.79. The Morgan fingerprint density at radius 2 is 1.96 bits per heavy atom. The molecule has 0 spiro atoms. The van der Waals surface area contributed by atoms with Gasteiger partial charge in [0, 0.05) is 24.4 Å². The van der Waals surface area contributed by atoms with Gasteiger partial charge in [0.1, 0.15) is 12.4 Å². The van der Waals surface area contributed by atoms with Crippen LogP contribution in [0, 0.1) is 0 Å². The number of para-hydroxylation sites is 1. The summed E-state index contributed by atoms with van der Waals surface area (Å²) in [5.74, 6) is 1.28. The largest absolute Gasteiger partial charge is 0.491 e. The topological polar surface area (TPSA) is 50.5 Å². The predicted molar refractivity (Wildman–Crippen MR) is 94.7 cm³/mol. The van der Waals surface area contributed by atoms with Crippen LogP contribution in [0.5, 0.6) is 5.75 Å². The van der Waals surface area contributed by atoms with Gasteiger partial charge in [-0.3, -0.25) is 9.58 Å². The van der Waals surface area contributed by atoms with Crippen molar-refractivity contribution in [1.82, 2.24) is 14.7 Å². The van der Waals surface area contributed by atoms with E-state index in [0.29, 0.717) is 24.1 Å². The third kappa shape index (κ3) is 4.29. The van der Waals surface area contributed by atoms with E-state index in [0.717, 1.165) is 38.2 Å². The molecule has 0 saturated carbocycles. The summed E-state index contributed by atoms with van der Waals surface area (Å²) in [5.41, 5.74) is 1.25. The van der Waals surface area contributed by atoms with Crippen molar-refractivity contribution in [3.05, 3.63) is 47.2 Å². The fourth-order valence-corrected chi connectivity index (χ4v) is 3.46. The molecule has 1 aromatic heterocycles. The molecule has 130 valence electrons. The first-order chi connectivity index (χ1) is 11.8. The average molecular weight is 350 g/mol. The smallest absolute Gasteiger partial charge is 0.137 e. The first-order valence-corrected chi connectivity index (χ1v) is 8.88. The van der Waals surface area contributed by atoms with Gasteiger partial charge in [0.25, 0.3) is 0 Å². The highest BCUT2D eigenvalue weighted by Crippen LogP contribution is 2.28. The summed E-state index contributed by atoms with van der Waals surface area (Å²) in [4.78, 5) is 2.43. The van der Waals surface area contributed by atoms with Crippen molar-refractivity contribution in [2.24, 2.45) is 0 Å². The summed E-state index contributed by atoms with van der Waals surface area (Å²) in [6.07, 6.45) is 4.06. The van der Waals surface area contributed by atoms with Crippen molar-refractivity contribution in [2.45, 2.75) is 25.3 Å². The van der Waals surface area contributed by atoms with E-state index in [9.17, 15) is 0 Å². The lowest BCUT2D eigenvalue weighted by Gasteiger charge is -2.32. The third-order valence-corrected chi connectivity index (χ3v) is 4.88. The molecule has 1 N–H and O–H groups in total. The number of halogens is 1. The first-order valence-electron chi connectivity index (χ1n) is 8.50. The van der Waals surface area contributed by atoms with E-state index in [4.69, 9.17) is 21.4 Å². The van der Waals surface area contributed by atoms with E-state index in [1.165, 1.54) is 5.69 Å². The van der Waals surface area contributed by atoms with E-state index in [2.05, 4.69) is 16.1 Å². The number of piperidine rings is 1. The number of rotatable bonds is 7. The molecule has 2 aromatic rings. The van der Waals surface area contributed by atoms with Gasteiger partial charge in [-0.15, -0.1) is 0 Å². The van der Waals surface area contributed by atoms with Gasteiger partial charge in [0.15, 0.2) is 0 Å². The second kappa shape index (κ2) is 8.51. The first kappa shape index (κ1) is 17.3. The number of benzene rings is 1. The number of hydrogen-bond acceptors (Lipinski definition) is 4. The number of aromatic nitrogens is 2. The van der Waals surface area contributed by atoms with Crippen LogP contribution >= 0.6 is 11.6 Å². The summed E-state index contributed by atoms with van der Waals surface area (Å²) >= 11 is 6.10. The molecule has 0 unspecified atom stereocenters. The molecule has 1 saturated heterocycles. The number of hydrogen-bond donors (Lipinski definition) is 1. The average Bonchev–Trinajstić information content (AvgIpc) is 3.06. The van der Waals surface area contributed by atoms with Gasteiger partial charge in [-0.25, -0.2) is 0 Å². The maximum absolute atomic E-state index is 9.12. The second-order valence-electron chi connectivity index (χ2n) is 6.10. The Labute approximate surface area is 147 Å². The summed E-state index contributed by atoms with van der Waals surface area (Å²) in [5, 5.41) is 14.1. The van der Waals surface area contributed by atoms with Gasteiger partial charge < -0.3 is 9.84 Å². The lowest BCUT2D eigenvalue weighted by Crippen LogP contribution is -2.36. The highest BCUT2D eigenvalue weighted by Gasteiger charge is 2.23. The van der Waals surface area contributed by atoms with E-state index >= 15 is 0 Å². The number of aliphatic hydroxyl groups is 1. The van der Waals surface area contributed by atoms with Gasteiger partial charge in [-0.1, -0.05) is 23.7 Å². The third-order valence-electron chi connectivity index (χ3n) is 4.57. The van der Waals surface area contributed by atoms with Gasteiger partial charge in [0.05, 0.1) is 18.2 Å². The molecular formula is C18H24ClN3O2. The Bertz CT molecular complexity index is 639. The van der Waals surface area contributed by atoms with E-state index in [-0.39, 0.29) is 6.61 Å². The Hall–Kier alpha value is -1.56. The van der Waals surface area contributed by atoms with Crippen molar-refractivity contribution >= 4 is 11.6 Å². The quantitative estimate of drug-likeness (QED) is 0.835. The number of aliphatic hydroxyl groups excluding tert-OH is 1. The molecule has 1 aliphatic rings. The summed E-state index contributed by atoms with van der Waals surface area (Å²) in [6.45, 7) is 4.38. The van der Waals surface area contributed by atoms with Crippen molar-refractivity contribution in [2.75, 3.05) is 32.8 Å². The van der Waals surface area contributed by atoms with Crippen LogP contribution in [-0.4, -0.2) is 52.6 Å². The van der Waals surface area contributed by atoms with Crippen LogP contribution < -0.4 is 4.74 Å². The zero-order valence-corrected chi connectivity index (χ0v) is 14.5. The van der Waals surface area contributed by atoms with Crippen LogP contribution in [-0.2, 0) is 6.54 Å². The zero-order chi connectivity index (χ0) is 16.8. The lowest BCUT2D eigenvalue weighted by atomic mass is 9.93. The minimum Gasteiger partial charge on any atom is -0.491 e. The minimum absolute atomic E-state index is 0.132. The van der Waals surface area contributed by atoms with E-state index in [1.54, 1.807) is 0 Å². The highest BCUT2D eigenvalue weighted by atomic mass is 35.5. The van der Waals surface area contributed by atoms with Gasteiger partial charge in [0.2, 0.25) is 0 Å². The normalized spacial score (nSPS) is 16.4. The summed E-state index contributed by atoms with van der Waals surface area (Å²) in [7, 11) is 0. The molecular weight excluding hydrogens is 326 g/mol. The standard InChI is InChI=1S/C18H24ClN3O2/c19-16-3-1-2-4-18(16)24-14-12-21-9-6-15(7-10-21)17-5-8-20-22(17)11-13-23/h1-5,8,15,23H,6-7,9-14H2. The summed E-state index contributed by atoms with van der Waals surface area (Å²) in [6, 6.07) is 9.66. The van der Waals surface area contributed by atoms with Crippen molar-refractivity contribution in [3.8, 4) is 5.75 Å². The molecule has 1 aliphatic heterocycles. The zero-order valence-electron chi connectivity index (χ0n) is 13.8. The lowest BCUT2D eigenvalue weighted by molar-refractivity contribution is 0.170. The van der Waals surface area contributed by atoms with Crippen LogP contribution in [0.2, 0.25) is 5.02 Å². The minimum atomic E-state index is 0.132. The highest BCUT2D eigenvalue weighted by molar-refractivity contribution is 6.32. The maximum atomic E-state index is 9.12. The van der Waals surface area contributed by atoms with Crippen LogP contribution in [0.25, 0.3) is 0 Å². The van der Waals surface area contributed by atoms with Crippen LogP contribution in [0.1, 0.15) is 24.5 Å². The molecule has 1 aromatic carbocycles. The number of ether oxygens (including phenoxy) is 1. The number of likely N-dealkylation sites (tertiary alicyclic amines) is 1. The van der Waals surface area contributed by atoms with E-state index in [1.807, 2.05) is 35.1 Å². The van der Waals surface area contributed by atoms with Crippen LogP contribution in [0.3, 0.4) is 0 Å². The second-order valence-corrected chi connectivity index (χ2v) is 6.50. The van der Waals surface area contributed by atoms with Crippen molar-refractivity contribution < 1.29 is 9.84 Å². The van der Waals surface area contributed by atoms with Crippen LogP contribution in [0.4, 0.5) is 0 Å². The Balaban J connectivity index is 1.44. The molecule has 6 heteroatoms. The molecule has 0 bridgehead atoms. The van der Waals surface area contributed by atoms with Gasteiger partial charge in [-0.05, 0) is 44.1 Å². The Morgan fingerprint density at radius 3 is 2.71 bits per heavy atom. The fraction of sp³-hybridized carbons (Fsp3) is 0.500. The molecule has 0 amide bonds. The van der Waals surface area contributed by atoms with Gasteiger partial charge in [-0.2, -0.15) is 5.10 Å². The molecule has 1 fully saturated rings. The molecule has 2 heterocycles. The Morgan fingerprint density at radius 1 is 1.17 bits per heavy atom. The Kier molecular flexibility index (Phi) is 6.12. The summed E-state index contributed by atoms with van der Waals surface area (Å²) < 4.78 is 7.71.